The standard InChI is InChI=1S/C30H22BrClN2O4/c1-17-7-9-20-5-3-4-6-22(20)24(17)16-38-27-12-8-19(15-26(27)32)14-23-28(35)33-30(37)34(29(23)36)21-10-11-25(31)18(2)13-21/h3-15H,16H2,1-2H3,(H,33,35,37)/b23-14-. The van der Waals surface area contributed by atoms with Gasteiger partial charge in [-0.2, -0.15) is 0 Å². The molecule has 6 nitrogen and oxygen atoms in total. The van der Waals surface area contributed by atoms with Crippen LogP contribution in [0.15, 0.2) is 82.8 Å². The van der Waals surface area contributed by atoms with Gasteiger partial charge in [-0.15, -0.1) is 0 Å². The Morgan fingerprint density at radius 1 is 0.947 bits per heavy atom. The number of benzene rings is 4. The minimum Gasteiger partial charge on any atom is -0.487 e. The van der Waals surface area contributed by atoms with Crippen molar-refractivity contribution in [1.82, 2.24) is 5.32 Å². The molecular formula is C30H22BrClN2O4. The van der Waals surface area contributed by atoms with Crippen LogP contribution in [0.2, 0.25) is 5.02 Å². The van der Waals surface area contributed by atoms with E-state index in [1.165, 1.54) is 6.08 Å². The molecule has 4 amide bonds. The summed E-state index contributed by atoms with van der Waals surface area (Å²) < 4.78 is 6.89. The average Bonchev–Trinajstić information content (AvgIpc) is 2.89. The van der Waals surface area contributed by atoms with Crippen molar-refractivity contribution in [3.05, 3.63) is 110 Å². The molecule has 1 aliphatic rings. The van der Waals surface area contributed by atoms with Crippen LogP contribution in [0, 0.1) is 13.8 Å². The topological polar surface area (TPSA) is 75.7 Å². The Morgan fingerprint density at radius 3 is 2.50 bits per heavy atom. The first-order valence-corrected chi connectivity index (χ1v) is 13.0. The van der Waals surface area contributed by atoms with Gasteiger partial charge in [0.1, 0.15) is 17.9 Å². The number of anilines is 1. The lowest BCUT2D eigenvalue weighted by atomic mass is 10.0. The van der Waals surface area contributed by atoms with Crippen LogP contribution < -0.4 is 15.0 Å². The molecule has 0 bridgehead atoms. The SMILES string of the molecule is Cc1cc(N2C(=O)NC(=O)/C(=C/c3ccc(OCc4c(C)ccc5ccccc45)c(Cl)c3)C2=O)ccc1Br. The Bertz CT molecular complexity index is 1660. The highest BCUT2D eigenvalue weighted by atomic mass is 79.9. The molecule has 1 N–H and O–H groups in total. The minimum atomic E-state index is -0.801. The van der Waals surface area contributed by atoms with E-state index in [1.54, 1.807) is 36.4 Å². The molecule has 1 fully saturated rings. The largest absolute Gasteiger partial charge is 0.487 e. The number of urea groups is 1. The quantitative estimate of drug-likeness (QED) is 0.199. The molecule has 190 valence electrons. The van der Waals surface area contributed by atoms with Crippen molar-refractivity contribution in [2.45, 2.75) is 20.5 Å². The summed E-state index contributed by atoms with van der Waals surface area (Å²) in [5.41, 5.74) is 3.72. The Kier molecular flexibility index (Phi) is 7.06. The van der Waals surface area contributed by atoms with Crippen LogP contribution in [0.5, 0.6) is 5.75 Å². The van der Waals surface area contributed by atoms with E-state index < -0.39 is 17.8 Å². The number of ether oxygens (including phenoxy) is 1. The lowest BCUT2D eigenvalue weighted by Crippen LogP contribution is -2.54. The maximum absolute atomic E-state index is 13.2. The Labute approximate surface area is 233 Å². The summed E-state index contributed by atoms with van der Waals surface area (Å²) >= 11 is 9.92. The molecule has 5 rings (SSSR count). The molecule has 0 aromatic heterocycles. The van der Waals surface area contributed by atoms with Gasteiger partial charge in [-0.1, -0.05) is 70.0 Å². The number of amides is 4. The van der Waals surface area contributed by atoms with Gasteiger partial charge in [0.25, 0.3) is 11.8 Å². The van der Waals surface area contributed by atoms with Crippen LogP contribution in [-0.4, -0.2) is 17.8 Å². The molecule has 8 heteroatoms. The third-order valence-corrected chi connectivity index (χ3v) is 7.60. The molecule has 0 radical (unpaired) electrons. The summed E-state index contributed by atoms with van der Waals surface area (Å²) in [7, 11) is 0. The number of rotatable bonds is 5. The van der Waals surface area contributed by atoms with Crippen LogP contribution in [0.1, 0.15) is 22.3 Å². The number of carbonyl (C=O) groups is 3. The summed E-state index contributed by atoms with van der Waals surface area (Å²) in [4.78, 5) is 39.2. The number of nitrogens with one attached hydrogen (secondary N) is 1. The maximum atomic E-state index is 13.2. The summed E-state index contributed by atoms with van der Waals surface area (Å²) in [6.45, 7) is 4.21. The Morgan fingerprint density at radius 2 is 1.74 bits per heavy atom. The van der Waals surface area contributed by atoms with Crippen molar-refractivity contribution < 1.29 is 19.1 Å². The van der Waals surface area contributed by atoms with Gasteiger partial charge in [0.15, 0.2) is 0 Å². The predicted octanol–water partition coefficient (Wildman–Crippen LogP) is 7.12. The number of nitrogens with zero attached hydrogens (tertiary/aromatic N) is 1. The van der Waals surface area contributed by atoms with Crippen molar-refractivity contribution in [3.8, 4) is 5.75 Å². The molecule has 0 atom stereocenters. The number of aryl methyl sites for hydroxylation is 2. The predicted molar refractivity (Wildman–Crippen MR) is 152 cm³/mol. The summed E-state index contributed by atoms with van der Waals surface area (Å²) in [5, 5.41) is 4.82. The lowest BCUT2D eigenvalue weighted by molar-refractivity contribution is -0.122. The second-order valence-electron chi connectivity index (χ2n) is 8.95. The van der Waals surface area contributed by atoms with E-state index in [1.807, 2.05) is 26.0 Å². The van der Waals surface area contributed by atoms with Crippen molar-refractivity contribution in [2.24, 2.45) is 0 Å². The molecule has 1 aliphatic heterocycles. The second kappa shape index (κ2) is 10.4. The fourth-order valence-corrected chi connectivity index (χ4v) is 4.83. The highest BCUT2D eigenvalue weighted by Crippen LogP contribution is 2.31. The molecule has 1 saturated heterocycles. The summed E-state index contributed by atoms with van der Waals surface area (Å²) in [6.07, 6.45) is 1.41. The molecule has 1 heterocycles. The fourth-order valence-electron chi connectivity index (χ4n) is 4.34. The fraction of sp³-hybridized carbons (Fsp3) is 0.100. The van der Waals surface area contributed by atoms with Gasteiger partial charge >= 0.3 is 6.03 Å². The normalized spacial score (nSPS) is 14.8. The first-order chi connectivity index (χ1) is 18.2. The van der Waals surface area contributed by atoms with Crippen molar-refractivity contribution in [1.29, 1.82) is 0 Å². The van der Waals surface area contributed by atoms with Gasteiger partial charge in [-0.25, -0.2) is 9.69 Å². The van der Waals surface area contributed by atoms with Gasteiger partial charge in [0.05, 0.1) is 10.7 Å². The number of halogens is 2. The van der Waals surface area contributed by atoms with Gasteiger partial charge in [0, 0.05) is 10.0 Å². The average molecular weight is 590 g/mol. The Balaban J connectivity index is 1.39. The van der Waals surface area contributed by atoms with E-state index in [0.29, 0.717) is 28.6 Å². The molecule has 4 aromatic rings. The van der Waals surface area contributed by atoms with Crippen LogP contribution in [0.3, 0.4) is 0 Å². The van der Waals surface area contributed by atoms with Crippen molar-refractivity contribution in [3.63, 3.8) is 0 Å². The first-order valence-electron chi connectivity index (χ1n) is 11.8. The van der Waals surface area contributed by atoms with Gasteiger partial charge in [0.2, 0.25) is 0 Å². The third-order valence-electron chi connectivity index (χ3n) is 6.42. The minimum absolute atomic E-state index is 0.179. The molecule has 0 aliphatic carbocycles. The zero-order valence-electron chi connectivity index (χ0n) is 20.5. The number of barbiturate groups is 1. The van der Waals surface area contributed by atoms with E-state index >= 15 is 0 Å². The molecule has 0 spiro atoms. The van der Waals surface area contributed by atoms with Crippen molar-refractivity contribution in [2.75, 3.05) is 4.90 Å². The monoisotopic (exact) mass is 588 g/mol. The van der Waals surface area contributed by atoms with Crippen molar-refractivity contribution >= 4 is 67.9 Å². The number of imide groups is 2. The number of hydrogen-bond acceptors (Lipinski definition) is 4. The van der Waals surface area contributed by atoms with Gasteiger partial charge in [-0.05, 0) is 77.7 Å². The van der Waals surface area contributed by atoms with E-state index in [0.717, 1.165) is 36.8 Å². The smallest absolute Gasteiger partial charge is 0.335 e. The molecule has 0 unspecified atom stereocenters. The van der Waals surface area contributed by atoms with E-state index in [9.17, 15) is 14.4 Å². The van der Waals surface area contributed by atoms with Crippen LogP contribution in [0.25, 0.3) is 16.8 Å². The zero-order chi connectivity index (χ0) is 27.0. The third kappa shape index (κ3) is 4.95. The van der Waals surface area contributed by atoms with E-state index in [-0.39, 0.29) is 5.57 Å². The maximum Gasteiger partial charge on any atom is 0.335 e. The van der Waals surface area contributed by atoms with Crippen LogP contribution >= 0.6 is 27.5 Å². The number of carbonyl (C=O) groups excluding carboxylic acids is 3. The summed E-state index contributed by atoms with van der Waals surface area (Å²) in [6, 6.07) is 21.5. The highest BCUT2D eigenvalue weighted by molar-refractivity contribution is 9.10. The van der Waals surface area contributed by atoms with E-state index in [4.69, 9.17) is 16.3 Å². The zero-order valence-corrected chi connectivity index (χ0v) is 22.9. The summed E-state index contributed by atoms with van der Waals surface area (Å²) in [5.74, 6) is -1.01. The molecule has 4 aromatic carbocycles. The Hall–Kier alpha value is -3.94. The number of hydrogen-bond donors (Lipinski definition) is 1. The van der Waals surface area contributed by atoms with Crippen LogP contribution in [0.4, 0.5) is 10.5 Å². The van der Waals surface area contributed by atoms with Gasteiger partial charge in [-0.3, -0.25) is 14.9 Å². The van der Waals surface area contributed by atoms with Crippen LogP contribution in [-0.2, 0) is 16.2 Å². The van der Waals surface area contributed by atoms with Gasteiger partial charge < -0.3 is 4.74 Å². The molecule has 38 heavy (non-hydrogen) atoms. The number of fused-ring (bicyclic) bond motifs is 1. The lowest BCUT2D eigenvalue weighted by Gasteiger charge is -2.26. The highest BCUT2D eigenvalue weighted by Gasteiger charge is 2.37. The second-order valence-corrected chi connectivity index (χ2v) is 10.2. The first kappa shape index (κ1) is 25.7. The molecular weight excluding hydrogens is 568 g/mol. The molecule has 0 saturated carbocycles. The van der Waals surface area contributed by atoms with E-state index in [2.05, 4.69) is 45.5 Å².